The molecule has 16 heavy (non-hydrogen) atoms. The highest BCUT2D eigenvalue weighted by atomic mass is 35.5. The van der Waals surface area contributed by atoms with E-state index in [0.29, 0.717) is 6.04 Å². The minimum absolute atomic E-state index is 0.238. The highest BCUT2D eigenvalue weighted by molar-refractivity contribution is 6.30. The smallest absolute Gasteiger partial charge is 0.0409 e. The molecular formula is C13H19ClN2. The zero-order valence-electron chi connectivity index (χ0n) is 9.91. The third kappa shape index (κ3) is 2.10. The van der Waals surface area contributed by atoms with Crippen molar-refractivity contribution in [2.45, 2.75) is 31.3 Å². The number of hydrogen-bond acceptors (Lipinski definition) is 2. The highest BCUT2D eigenvalue weighted by Gasteiger charge is 2.46. The van der Waals surface area contributed by atoms with Gasteiger partial charge in [0.05, 0.1) is 0 Å². The van der Waals surface area contributed by atoms with Crippen molar-refractivity contribution in [3.05, 3.63) is 34.9 Å². The molecule has 0 amide bonds. The molecule has 0 radical (unpaired) electrons. The first-order chi connectivity index (χ1) is 7.59. The van der Waals surface area contributed by atoms with Crippen LogP contribution in [0.4, 0.5) is 0 Å². The van der Waals surface area contributed by atoms with Crippen LogP contribution in [0.1, 0.15) is 31.4 Å². The fraction of sp³-hybridized carbons (Fsp3) is 0.538. The predicted molar refractivity (Wildman–Crippen MR) is 68.6 cm³/mol. The van der Waals surface area contributed by atoms with E-state index in [1.54, 1.807) is 0 Å². The fourth-order valence-corrected chi connectivity index (χ4v) is 2.44. The minimum atomic E-state index is 0.238. The van der Waals surface area contributed by atoms with Crippen LogP contribution in [0.15, 0.2) is 24.3 Å². The number of benzene rings is 1. The number of rotatable bonds is 4. The molecule has 2 N–H and O–H groups in total. The van der Waals surface area contributed by atoms with Gasteiger partial charge in [0.15, 0.2) is 0 Å². The van der Waals surface area contributed by atoms with E-state index in [1.807, 2.05) is 18.2 Å². The van der Waals surface area contributed by atoms with E-state index in [0.717, 1.165) is 11.6 Å². The Morgan fingerprint density at radius 2 is 2.19 bits per heavy atom. The Balaban J connectivity index is 2.16. The molecule has 1 aromatic carbocycles. The average Bonchev–Trinajstić information content (AvgIpc) is 3.08. The molecule has 0 heterocycles. The quantitative estimate of drug-likeness (QED) is 0.874. The summed E-state index contributed by atoms with van der Waals surface area (Å²) in [6, 6.07) is 8.44. The molecule has 1 aliphatic rings. The maximum atomic E-state index is 6.01. The van der Waals surface area contributed by atoms with Gasteiger partial charge in [0.1, 0.15) is 0 Å². The van der Waals surface area contributed by atoms with Gasteiger partial charge in [-0.2, -0.15) is 0 Å². The summed E-state index contributed by atoms with van der Waals surface area (Å²) in [7, 11) is 2.16. The summed E-state index contributed by atoms with van der Waals surface area (Å²) in [6.07, 6.45) is 2.43. The van der Waals surface area contributed by atoms with Gasteiger partial charge in [-0.25, -0.2) is 0 Å². The highest BCUT2D eigenvalue weighted by Crippen LogP contribution is 2.43. The molecule has 0 spiro atoms. The number of nitrogens with zero attached hydrogens (tertiary/aromatic N) is 1. The molecule has 1 unspecified atom stereocenters. The van der Waals surface area contributed by atoms with Crippen molar-refractivity contribution in [1.29, 1.82) is 0 Å². The monoisotopic (exact) mass is 238 g/mol. The Labute approximate surface area is 102 Å². The van der Waals surface area contributed by atoms with E-state index in [-0.39, 0.29) is 5.54 Å². The van der Waals surface area contributed by atoms with Crippen LogP contribution in [0.25, 0.3) is 0 Å². The Hall–Kier alpha value is -0.570. The van der Waals surface area contributed by atoms with Crippen LogP contribution in [-0.4, -0.2) is 24.0 Å². The second kappa shape index (κ2) is 4.36. The van der Waals surface area contributed by atoms with E-state index < -0.39 is 0 Å². The Morgan fingerprint density at radius 1 is 1.50 bits per heavy atom. The largest absolute Gasteiger partial charge is 0.329 e. The van der Waals surface area contributed by atoms with E-state index >= 15 is 0 Å². The van der Waals surface area contributed by atoms with E-state index in [4.69, 9.17) is 17.3 Å². The molecule has 88 valence electrons. The standard InChI is InChI=1S/C13H19ClN2/c1-10(11-4-3-5-12(14)8-11)16(2)13(9-15)6-7-13/h3-5,8,10H,6-7,9,15H2,1-2H3. The van der Waals surface area contributed by atoms with Gasteiger partial charge < -0.3 is 5.73 Å². The summed E-state index contributed by atoms with van der Waals surface area (Å²) >= 11 is 6.01. The van der Waals surface area contributed by atoms with E-state index in [1.165, 1.54) is 18.4 Å². The van der Waals surface area contributed by atoms with Crippen molar-refractivity contribution in [2.75, 3.05) is 13.6 Å². The molecule has 1 aliphatic carbocycles. The van der Waals surface area contributed by atoms with Crippen molar-refractivity contribution in [3.63, 3.8) is 0 Å². The lowest BCUT2D eigenvalue weighted by Crippen LogP contribution is -2.41. The predicted octanol–water partition coefficient (Wildman–Crippen LogP) is 2.82. The second-order valence-electron chi connectivity index (χ2n) is 4.77. The molecule has 1 saturated carbocycles. The van der Waals surface area contributed by atoms with Gasteiger partial charge in [0.2, 0.25) is 0 Å². The van der Waals surface area contributed by atoms with Crippen LogP contribution in [-0.2, 0) is 0 Å². The van der Waals surface area contributed by atoms with Crippen LogP contribution in [0.3, 0.4) is 0 Å². The van der Waals surface area contributed by atoms with Gasteiger partial charge in [-0.15, -0.1) is 0 Å². The summed E-state index contributed by atoms with van der Waals surface area (Å²) in [4.78, 5) is 2.39. The topological polar surface area (TPSA) is 29.3 Å². The van der Waals surface area contributed by atoms with Crippen LogP contribution in [0.2, 0.25) is 5.02 Å². The molecule has 2 rings (SSSR count). The summed E-state index contributed by atoms with van der Waals surface area (Å²) in [6.45, 7) is 2.95. The molecule has 1 aromatic rings. The number of nitrogens with two attached hydrogens (primary N) is 1. The zero-order chi connectivity index (χ0) is 11.8. The Kier molecular flexibility index (Phi) is 3.24. The molecule has 0 bridgehead atoms. The van der Waals surface area contributed by atoms with Crippen LogP contribution in [0, 0.1) is 0 Å². The third-order valence-corrected chi connectivity index (χ3v) is 4.10. The molecule has 0 aliphatic heterocycles. The van der Waals surface area contributed by atoms with Crippen molar-refractivity contribution in [1.82, 2.24) is 4.90 Å². The number of likely N-dealkylation sites (N-methyl/N-ethyl adjacent to an activating group) is 1. The second-order valence-corrected chi connectivity index (χ2v) is 5.21. The summed E-state index contributed by atoms with van der Waals surface area (Å²) in [5.74, 6) is 0. The number of halogens is 1. The average molecular weight is 239 g/mol. The first kappa shape index (κ1) is 11.9. The number of hydrogen-bond donors (Lipinski definition) is 1. The summed E-state index contributed by atoms with van der Waals surface area (Å²) in [5.41, 5.74) is 7.34. The molecule has 1 atom stereocenters. The lowest BCUT2D eigenvalue weighted by molar-refractivity contribution is 0.170. The molecule has 1 fully saturated rings. The van der Waals surface area contributed by atoms with Crippen LogP contribution < -0.4 is 5.73 Å². The summed E-state index contributed by atoms with van der Waals surface area (Å²) in [5, 5.41) is 0.801. The normalized spacial score (nSPS) is 19.8. The molecule has 2 nitrogen and oxygen atoms in total. The van der Waals surface area contributed by atoms with Crippen molar-refractivity contribution in [3.8, 4) is 0 Å². The van der Waals surface area contributed by atoms with Gasteiger partial charge >= 0.3 is 0 Å². The van der Waals surface area contributed by atoms with E-state index in [2.05, 4.69) is 24.9 Å². The minimum Gasteiger partial charge on any atom is -0.329 e. The maximum Gasteiger partial charge on any atom is 0.0409 e. The van der Waals surface area contributed by atoms with Crippen molar-refractivity contribution in [2.24, 2.45) is 5.73 Å². The maximum absolute atomic E-state index is 6.01. The van der Waals surface area contributed by atoms with E-state index in [9.17, 15) is 0 Å². The first-order valence-corrected chi connectivity index (χ1v) is 6.15. The Morgan fingerprint density at radius 3 is 2.69 bits per heavy atom. The SMILES string of the molecule is CC(c1cccc(Cl)c1)N(C)C1(CN)CC1. The van der Waals surface area contributed by atoms with Gasteiger partial charge in [-0.3, -0.25) is 4.90 Å². The van der Waals surface area contributed by atoms with Gasteiger partial charge in [-0.05, 0) is 44.5 Å². The van der Waals surface area contributed by atoms with Crippen molar-refractivity contribution < 1.29 is 0 Å². The Bertz CT molecular complexity index is 374. The third-order valence-electron chi connectivity index (χ3n) is 3.87. The van der Waals surface area contributed by atoms with Crippen molar-refractivity contribution >= 4 is 11.6 Å². The molecule has 0 aromatic heterocycles. The van der Waals surface area contributed by atoms with Crippen LogP contribution in [0.5, 0.6) is 0 Å². The van der Waals surface area contributed by atoms with Gasteiger partial charge in [0, 0.05) is 23.1 Å². The van der Waals surface area contributed by atoms with Gasteiger partial charge in [-0.1, -0.05) is 23.7 Å². The molecular weight excluding hydrogens is 220 g/mol. The first-order valence-electron chi connectivity index (χ1n) is 5.77. The molecule has 3 heteroatoms. The zero-order valence-corrected chi connectivity index (χ0v) is 10.7. The van der Waals surface area contributed by atoms with Gasteiger partial charge in [0.25, 0.3) is 0 Å². The van der Waals surface area contributed by atoms with Crippen LogP contribution >= 0.6 is 11.6 Å². The molecule has 0 saturated heterocycles. The lowest BCUT2D eigenvalue weighted by atomic mass is 10.0. The fourth-order valence-electron chi connectivity index (χ4n) is 2.25. The summed E-state index contributed by atoms with van der Waals surface area (Å²) < 4.78 is 0. The lowest BCUT2D eigenvalue weighted by Gasteiger charge is -2.33.